The zero-order valence-corrected chi connectivity index (χ0v) is 12.3. The molecule has 0 saturated carbocycles. The van der Waals surface area contributed by atoms with E-state index in [0.29, 0.717) is 11.4 Å². The Morgan fingerprint density at radius 2 is 1.94 bits per heavy atom. The molecule has 0 atom stereocenters. The molecule has 0 saturated heterocycles. The lowest BCUT2D eigenvalue weighted by Gasteiger charge is -2.27. The molecule has 4 heteroatoms. The fourth-order valence-corrected chi connectivity index (χ4v) is 2.90. The van der Waals surface area contributed by atoms with Crippen molar-refractivity contribution < 1.29 is 9.90 Å². The lowest BCUT2D eigenvalue weighted by atomic mass is 9.92. The molecule has 0 bridgehead atoms. The van der Waals surface area contributed by atoms with Gasteiger partial charge in [0.15, 0.2) is 0 Å². The summed E-state index contributed by atoms with van der Waals surface area (Å²) in [5.41, 5.74) is -0.758. The van der Waals surface area contributed by atoms with Crippen LogP contribution in [0.25, 0.3) is 0 Å². The van der Waals surface area contributed by atoms with Crippen LogP contribution in [0, 0.1) is 6.92 Å². The van der Waals surface area contributed by atoms with Gasteiger partial charge in [-0.1, -0.05) is 26.7 Å². The average Bonchev–Trinajstić information content (AvgIpc) is 2.74. The fraction of sp³-hybridized carbons (Fsp3) is 0.643. The normalized spacial score (nSPS) is 11.6. The fourth-order valence-electron chi connectivity index (χ4n) is 2.12. The maximum absolute atomic E-state index is 11.9. The van der Waals surface area contributed by atoms with Crippen LogP contribution in [0.4, 0.5) is 0 Å². The Labute approximate surface area is 113 Å². The summed E-state index contributed by atoms with van der Waals surface area (Å²) in [6.07, 6.45) is 3.30. The Morgan fingerprint density at radius 1 is 1.33 bits per heavy atom. The Balaban J connectivity index is 2.54. The molecule has 1 heterocycles. The van der Waals surface area contributed by atoms with E-state index in [4.69, 9.17) is 0 Å². The van der Waals surface area contributed by atoms with Gasteiger partial charge in [0.1, 0.15) is 0 Å². The highest BCUT2D eigenvalue weighted by Crippen LogP contribution is 2.19. The van der Waals surface area contributed by atoms with Crippen LogP contribution in [0.2, 0.25) is 0 Å². The van der Waals surface area contributed by atoms with E-state index in [1.165, 1.54) is 11.3 Å². The van der Waals surface area contributed by atoms with Gasteiger partial charge >= 0.3 is 0 Å². The largest absolute Gasteiger partial charge is 0.388 e. The second-order valence-corrected chi connectivity index (χ2v) is 6.11. The van der Waals surface area contributed by atoms with Gasteiger partial charge in [-0.05, 0) is 31.9 Å². The molecule has 0 aliphatic rings. The van der Waals surface area contributed by atoms with Gasteiger partial charge in [0.05, 0.1) is 10.5 Å². The molecule has 0 aliphatic carbocycles. The predicted octanol–water partition coefficient (Wildman–Crippen LogP) is 3.12. The van der Waals surface area contributed by atoms with E-state index < -0.39 is 5.60 Å². The van der Waals surface area contributed by atoms with E-state index in [2.05, 4.69) is 5.32 Å². The van der Waals surface area contributed by atoms with E-state index in [0.717, 1.165) is 30.6 Å². The zero-order valence-electron chi connectivity index (χ0n) is 11.5. The van der Waals surface area contributed by atoms with Crippen LogP contribution in [0.15, 0.2) is 12.1 Å². The van der Waals surface area contributed by atoms with Crippen LogP contribution >= 0.6 is 11.3 Å². The minimum Gasteiger partial charge on any atom is -0.388 e. The van der Waals surface area contributed by atoms with Crippen molar-refractivity contribution in [1.29, 1.82) is 0 Å². The number of amides is 1. The van der Waals surface area contributed by atoms with Crippen molar-refractivity contribution in [3.8, 4) is 0 Å². The van der Waals surface area contributed by atoms with Gasteiger partial charge < -0.3 is 10.4 Å². The third kappa shape index (κ3) is 4.42. The molecular weight excluding hydrogens is 246 g/mol. The van der Waals surface area contributed by atoms with Crippen LogP contribution < -0.4 is 5.32 Å². The molecule has 0 aliphatic heterocycles. The molecule has 0 aromatic carbocycles. The number of aliphatic hydroxyl groups is 1. The van der Waals surface area contributed by atoms with Crippen LogP contribution in [0.1, 0.15) is 54.1 Å². The summed E-state index contributed by atoms with van der Waals surface area (Å²) in [4.78, 5) is 13.7. The van der Waals surface area contributed by atoms with Gasteiger partial charge in [0, 0.05) is 11.4 Å². The van der Waals surface area contributed by atoms with E-state index >= 15 is 0 Å². The summed E-state index contributed by atoms with van der Waals surface area (Å²) in [5, 5.41) is 13.2. The first-order chi connectivity index (χ1) is 8.50. The molecule has 1 rings (SSSR count). The highest BCUT2D eigenvalue weighted by Gasteiger charge is 2.25. The van der Waals surface area contributed by atoms with E-state index in [1.807, 2.05) is 32.9 Å². The Morgan fingerprint density at radius 3 is 2.39 bits per heavy atom. The summed E-state index contributed by atoms with van der Waals surface area (Å²) in [7, 11) is 0. The van der Waals surface area contributed by atoms with Crippen molar-refractivity contribution in [2.45, 2.75) is 52.1 Å². The molecule has 0 fully saturated rings. The number of nitrogens with one attached hydrogen (secondary N) is 1. The quantitative estimate of drug-likeness (QED) is 0.799. The maximum Gasteiger partial charge on any atom is 0.261 e. The molecule has 0 radical (unpaired) electrons. The summed E-state index contributed by atoms with van der Waals surface area (Å²) >= 11 is 1.48. The second-order valence-electron chi connectivity index (χ2n) is 4.82. The van der Waals surface area contributed by atoms with Crippen LogP contribution in [0.5, 0.6) is 0 Å². The van der Waals surface area contributed by atoms with Crippen molar-refractivity contribution in [3.63, 3.8) is 0 Å². The smallest absolute Gasteiger partial charge is 0.261 e. The highest BCUT2D eigenvalue weighted by molar-refractivity contribution is 7.13. The second kappa shape index (κ2) is 6.90. The molecule has 0 spiro atoms. The van der Waals surface area contributed by atoms with Gasteiger partial charge in [-0.25, -0.2) is 0 Å². The summed E-state index contributed by atoms with van der Waals surface area (Å²) in [5.74, 6) is -0.0845. The monoisotopic (exact) mass is 269 g/mol. The van der Waals surface area contributed by atoms with Crippen molar-refractivity contribution >= 4 is 17.2 Å². The first kappa shape index (κ1) is 15.2. The lowest BCUT2D eigenvalue weighted by Crippen LogP contribution is -2.42. The molecular formula is C14H23NO2S. The van der Waals surface area contributed by atoms with Gasteiger partial charge in [-0.2, -0.15) is 0 Å². The van der Waals surface area contributed by atoms with E-state index in [-0.39, 0.29) is 5.91 Å². The minimum atomic E-state index is -0.758. The zero-order chi connectivity index (χ0) is 13.6. The number of rotatable bonds is 7. The Bertz CT molecular complexity index is 381. The first-order valence-corrected chi connectivity index (χ1v) is 7.39. The van der Waals surface area contributed by atoms with E-state index in [1.54, 1.807) is 0 Å². The number of aryl methyl sites for hydroxylation is 1. The van der Waals surface area contributed by atoms with Crippen molar-refractivity contribution in [3.05, 3.63) is 21.9 Å². The minimum absolute atomic E-state index is 0.0845. The summed E-state index contributed by atoms with van der Waals surface area (Å²) in [6, 6.07) is 3.76. The summed E-state index contributed by atoms with van der Waals surface area (Å²) < 4.78 is 0. The topological polar surface area (TPSA) is 49.3 Å². The molecule has 1 aromatic heterocycles. The standard InChI is InChI=1S/C14H23NO2S/c1-4-8-14(17,9-5-2)10-15-13(16)12-7-6-11(3)18-12/h6-7,17H,4-5,8-10H2,1-3H3,(H,15,16). The van der Waals surface area contributed by atoms with Crippen molar-refractivity contribution in [2.75, 3.05) is 6.54 Å². The van der Waals surface area contributed by atoms with Gasteiger partial charge in [-0.15, -0.1) is 11.3 Å². The predicted molar refractivity (Wildman–Crippen MR) is 76.2 cm³/mol. The van der Waals surface area contributed by atoms with Crippen molar-refractivity contribution in [2.24, 2.45) is 0 Å². The molecule has 3 nitrogen and oxygen atoms in total. The Hall–Kier alpha value is -0.870. The number of hydrogen-bond acceptors (Lipinski definition) is 3. The third-order valence-electron chi connectivity index (χ3n) is 2.97. The molecule has 2 N–H and O–H groups in total. The number of hydrogen-bond donors (Lipinski definition) is 2. The maximum atomic E-state index is 11.9. The lowest BCUT2D eigenvalue weighted by molar-refractivity contribution is 0.0213. The first-order valence-electron chi connectivity index (χ1n) is 6.58. The molecule has 1 amide bonds. The van der Waals surface area contributed by atoms with Crippen LogP contribution in [-0.2, 0) is 0 Å². The molecule has 0 unspecified atom stereocenters. The molecule has 1 aromatic rings. The number of carbonyl (C=O) groups is 1. The van der Waals surface area contributed by atoms with Gasteiger partial charge in [0.25, 0.3) is 5.91 Å². The highest BCUT2D eigenvalue weighted by atomic mass is 32.1. The summed E-state index contributed by atoms with van der Waals surface area (Å²) in [6.45, 7) is 6.41. The average molecular weight is 269 g/mol. The van der Waals surface area contributed by atoms with Crippen LogP contribution in [-0.4, -0.2) is 23.2 Å². The van der Waals surface area contributed by atoms with Gasteiger partial charge in [-0.3, -0.25) is 4.79 Å². The Kier molecular flexibility index (Phi) is 5.82. The van der Waals surface area contributed by atoms with Gasteiger partial charge in [0.2, 0.25) is 0 Å². The number of carbonyl (C=O) groups excluding carboxylic acids is 1. The number of thiophene rings is 1. The molecule has 18 heavy (non-hydrogen) atoms. The third-order valence-corrected chi connectivity index (χ3v) is 3.97. The van der Waals surface area contributed by atoms with Crippen LogP contribution in [0.3, 0.4) is 0 Å². The van der Waals surface area contributed by atoms with E-state index in [9.17, 15) is 9.90 Å². The SMILES string of the molecule is CCCC(O)(CCC)CNC(=O)c1ccc(C)s1. The molecule has 102 valence electrons. The van der Waals surface area contributed by atoms with Crippen molar-refractivity contribution in [1.82, 2.24) is 5.32 Å².